The summed E-state index contributed by atoms with van der Waals surface area (Å²) in [6.07, 6.45) is 2.44. The molecular formula is C6H15O2Si. The molecule has 0 aliphatic carbocycles. The highest BCUT2D eigenvalue weighted by molar-refractivity contribution is 6.44. The average molecular weight is 147 g/mol. The first-order valence-electron chi connectivity index (χ1n) is 3.29. The lowest BCUT2D eigenvalue weighted by molar-refractivity contribution is 0.276. The second-order valence-electron chi connectivity index (χ2n) is 1.88. The zero-order valence-corrected chi connectivity index (χ0v) is 7.44. The van der Waals surface area contributed by atoms with Crippen molar-refractivity contribution in [2.45, 2.75) is 25.8 Å². The van der Waals surface area contributed by atoms with Crippen molar-refractivity contribution in [1.29, 1.82) is 0 Å². The lowest BCUT2D eigenvalue weighted by Gasteiger charge is -2.06. The van der Waals surface area contributed by atoms with Crippen LogP contribution in [0.4, 0.5) is 0 Å². The summed E-state index contributed by atoms with van der Waals surface area (Å²) in [4.78, 5) is 0. The van der Waals surface area contributed by atoms with Crippen LogP contribution in [0.1, 0.15) is 19.8 Å². The number of rotatable bonds is 5. The third-order valence-corrected chi connectivity index (χ3v) is 2.86. The molecule has 55 valence electrons. The molecule has 0 bridgehead atoms. The van der Waals surface area contributed by atoms with Gasteiger partial charge in [0, 0.05) is 14.2 Å². The van der Waals surface area contributed by atoms with Crippen molar-refractivity contribution in [2.24, 2.45) is 0 Å². The van der Waals surface area contributed by atoms with E-state index in [4.69, 9.17) is 8.85 Å². The summed E-state index contributed by atoms with van der Waals surface area (Å²) in [6.45, 7) is 2.17. The van der Waals surface area contributed by atoms with Crippen LogP contribution in [0.5, 0.6) is 0 Å². The summed E-state index contributed by atoms with van der Waals surface area (Å²) >= 11 is 0. The van der Waals surface area contributed by atoms with Gasteiger partial charge in [0.1, 0.15) is 0 Å². The van der Waals surface area contributed by atoms with E-state index in [1.54, 1.807) is 14.2 Å². The van der Waals surface area contributed by atoms with Crippen LogP contribution in [0.3, 0.4) is 0 Å². The molecule has 0 unspecified atom stereocenters. The van der Waals surface area contributed by atoms with Crippen LogP contribution in [-0.4, -0.2) is 23.5 Å². The molecule has 3 heteroatoms. The van der Waals surface area contributed by atoms with E-state index in [1.165, 1.54) is 12.8 Å². The fraction of sp³-hybridized carbons (Fsp3) is 1.00. The van der Waals surface area contributed by atoms with E-state index in [9.17, 15) is 0 Å². The van der Waals surface area contributed by atoms with Gasteiger partial charge in [0.25, 0.3) is 0 Å². The average Bonchev–Trinajstić information content (AvgIpc) is 1.91. The van der Waals surface area contributed by atoms with Gasteiger partial charge in [0.2, 0.25) is 0 Å². The third kappa shape index (κ3) is 4.63. The first kappa shape index (κ1) is 9.14. The Labute approximate surface area is 59.0 Å². The van der Waals surface area contributed by atoms with Gasteiger partial charge in [0.15, 0.2) is 0 Å². The Morgan fingerprint density at radius 2 is 1.78 bits per heavy atom. The van der Waals surface area contributed by atoms with E-state index in [1.807, 2.05) is 0 Å². The maximum absolute atomic E-state index is 5.08. The topological polar surface area (TPSA) is 18.5 Å². The Bertz CT molecular complexity index is 55.0. The minimum absolute atomic E-state index is 0.886. The van der Waals surface area contributed by atoms with Crippen molar-refractivity contribution in [3.63, 3.8) is 0 Å². The maximum Gasteiger partial charge on any atom is 0.384 e. The van der Waals surface area contributed by atoms with Gasteiger partial charge in [-0.1, -0.05) is 19.8 Å². The van der Waals surface area contributed by atoms with E-state index >= 15 is 0 Å². The molecule has 0 amide bonds. The van der Waals surface area contributed by atoms with Crippen LogP contribution < -0.4 is 0 Å². The molecule has 0 N–H and O–H groups in total. The molecule has 1 radical (unpaired) electrons. The van der Waals surface area contributed by atoms with E-state index in [2.05, 4.69) is 6.92 Å². The molecule has 0 rings (SSSR count). The first-order chi connectivity index (χ1) is 4.35. The SMILES string of the molecule is CCCC[Si](OC)OC. The quantitative estimate of drug-likeness (QED) is 0.549. The smallest absolute Gasteiger partial charge is 0.384 e. The summed E-state index contributed by atoms with van der Waals surface area (Å²) in [5, 5.41) is 0. The van der Waals surface area contributed by atoms with Crippen molar-refractivity contribution in [1.82, 2.24) is 0 Å². The number of unbranched alkanes of at least 4 members (excludes halogenated alkanes) is 1. The standard InChI is InChI=1S/C6H15O2Si/c1-4-5-6-9(7-2)8-3/h4-6H2,1-3H3. The largest absolute Gasteiger partial charge is 0.397 e. The van der Waals surface area contributed by atoms with Crippen molar-refractivity contribution < 1.29 is 8.85 Å². The van der Waals surface area contributed by atoms with E-state index in [0.29, 0.717) is 0 Å². The number of hydrogen-bond donors (Lipinski definition) is 0. The second kappa shape index (κ2) is 6.26. The Kier molecular flexibility index (Phi) is 6.35. The highest BCUT2D eigenvalue weighted by Gasteiger charge is 2.09. The van der Waals surface area contributed by atoms with Gasteiger partial charge in [-0.05, 0) is 6.04 Å². The van der Waals surface area contributed by atoms with Crippen LogP contribution in [0.2, 0.25) is 6.04 Å². The monoisotopic (exact) mass is 147 g/mol. The summed E-state index contributed by atoms with van der Waals surface area (Å²) in [5.41, 5.74) is 0. The predicted octanol–water partition coefficient (Wildman–Crippen LogP) is 1.57. The first-order valence-corrected chi connectivity index (χ1v) is 4.81. The minimum Gasteiger partial charge on any atom is -0.397 e. The molecule has 0 saturated heterocycles. The molecule has 0 saturated carbocycles. The third-order valence-electron chi connectivity index (χ3n) is 1.19. The summed E-state index contributed by atoms with van der Waals surface area (Å²) in [5.74, 6) is 0. The molecule has 0 aromatic carbocycles. The van der Waals surface area contributed by atoms with Crippen molar-refractivity contribution in [3.8, 4) is 0 Å². The molecule has 0 aliphatic rings. The molecule has 0 spiro atoms. The molecule has 0 fully saturated rings. The molecule has 0 heterocycles. The van der Waals surface area contributed by atoms with Gasteiger partial charge < -0.3 is 8.85 Å². The van der Waals surface area contributed by atoms with Crippen LogP contribution in [0, 0.1) is 0 Å². The van der Waals surface area contributed by atoms with Crippen molar-refractivity contribution >= 4 is 9.28 Å². The van der Waals surface area contributed by atoms with Crippen LogP contribution in [-0.2, 0) is 8.85 Å². The van der Waals surface area contributed by atoms with Gasteiger partial charge in [-0.3, -0.25) is 0 Å². The molecule has 0 aromatic rings. The fourth-order valence-corrected chi connectivity index (χ4v) is 1.83. The molecule has 0 aromatic heterocycles. The lowest BCUT2D eigenvalue weighted by atomic mass is 10.4. The molecule has 0 aliphatic heterocycles. The van der Waals surface area contributed by atoms with Gasteiger partial charge in [-0.2, -0.15) is 0 Å². The summed E-state index contributed by atoms with van der Waals surface area (Å²) in [7, 11) is 2.55. The van der Waals surface area contributed by atoms with Crippen molar-refractivity contribution in [2.75, 3.05) is 14.2 Å². The Morgan fingerprint density at radius 3 is 2.11 bits per heavy atom. The van der Waals surface area contributed by atoms with Gasteiger partial charge >= 0.3 is 9.28 Å². The summed E-state index contributed by atoms with van der Waals surface area (Å²) < 4.78 is 10.2. The normalized spacial score (nSPS) is 10.7. The zero-order chi connectivity index (χ0) is 7.11. The van der Waals surface area contributed by atoms with Gasteiger partial charge in [0.05, 0.1) is 0 Å². The van der Waals surface area contributed by atoms with Crippen molar-refractivity contribution in [3.05, 3.63) is 0 Å². The summed E-state index contributed by atoms with van der Waals surface area (Å²) in [6, 6.07) is 1.11. The van der Waals surface area contributed by atoms with Gasteiger partial charge in [-0.25, -0.2) is 0 Å². The van der Waals surface area contributed by atoms with E-state index in [0.717, 1.165) is 6.04 Å². The number of hydrogen-bond acceptors (Lipinski definition) is 2. The zero-order valence-electron chi connectivity index (χ0n) is 6.44. The Hall–Kier alpha value is 0.137. The van der Waals surface area contributed by atoms with E-state index < -0.39 is 9.28 Å². The highest BCUT2D eigenvalue weighted by atomic mass is 28.3. The van der Waals surface area contributed by atoms with E-state index in [-0.39, 0.29) is 0 Å². The molecular weight excluding hydrogens is 132 g/mol. The molecule has 0 atom stereocenters. The minimum atomic E-state index is -0.886. The second-order valence-corrected chi connectivity index (χ2v) is 3.94. The lowest BCUT2D eigenvalue weighted by Crippen LogP contribution is -2.18. The Balaban J connectivity index is 3.09. The highest BCUT2D eigenvalue weighted by Crippen LogP contribution is 2.01. The Morgan fingerprint density at radius 1 is 1.22 bits per heavy atom. The molecule has 2 nitrogen and oxygen atoms in total. The van der Waals surface area contributed by atoms with Crippen LogP contribution in [0.25, 0.3) is 0 Å². The fourth-order valence-electron chi connectivity index (χ4n) is 0.609. The predicted molar refractivity (Wildman–Crippen MR) is 39.5 cm³/mol. The van der Waals surface area contributed by atoms with Gasteiger partial charge in [-0.15, -0.1) is 0 Å². The maximum atomic E-state index is 5.08. The molecule has 9 heavy (non-hydrogen) atoms. The van der Waals surface area contributed by atoms with Crippen LogP contribution in [0.15, 0.2) is 0 Å². The van der Waals surface area contributed by atoms with Crippen LogP contribution >= 0.6 is 0 Å².